The van der Waals surface area contributed by atoms with E-state index in [1.54, 1.807) is 30.3 Å². The lowest BCUT2D eigenvalue weighted by Gasteiger charge is -2.17. The molecule has 0 N–H and O–H groups in total. The van der Waals surface area contributed by atoms with Crippen LogP contribution in [0.1, 0.15) is 22.8 Å². The Morgan fingerprint density at radius 1 is 0.615 bits per heavy atom. The zero-order valence-electron chi connectivity index (χ0n) is 23.1. The Kier molecular flexibility index (Phi) is 14.5. The summed E-state index contributed by atoms with van der Waals surface area (Å²) in [5.41, 5.74) is 0.743. The normalized spacial score (nSPS) is 10.9. The molecule has 0 aliphatic carbocycles. The molecule has 2 aromatic carbocycles. The fourth-order valence-corrected chi connectivity index (χ4v) is 3.19. The van der Waals surface area contributed by atoms with Crippen molar-refractivity contribution in [3.05, 3.63) is 41.5 Å². The molecule has 216 valence electrons. The Bertz CT molecular complexity index is 1020. The lowest BCUT2D eigenvalue weighted by molar-refractivity contribution is 0.0304. The third-order valence-corrected chi connectivity index (χ3v) is 4.72. The van der Waals surface area contributed by atoms with Crippen molar-refractivity contribution in [2.24, 2.45) is 0 Å². The maximum absolute atomic E-state index is 13.5. The summed E-state index contributed by atoms with van der Waals surface area (Å²) in [6, 6.07) is 6.49. The lowest BCUT2D eigenvalue weighted by Crippen LogP contribution is -2.10. The SMILES string of the molecule is CCOc1cc(C=CC(=O)c2c(OCOC)cc(OCOC)cc2OCOC)cc(OCOC)c1OCOC. The van der Waals surface area contributed by atoms with Crippen molar-refractivity contribution >= 4 is 11.9 Å². The Balaban J connectivity index is 2.51. The largest absolute Gasteiger partial charge is 0.490 e. The third-order valence-electron chi connectivity index (χ3n) is 4.72. The van der Waals surface area contributed by atoms with Crippen LogP contribution in [0, 0.1) is 0 Å². The predicted molar refractivity (Wildman–Crippen MR) is 140 cm³/mol. The molecule has 39 heavy (non-hydrogen) atoms. The van der Waals surface area contributed by atoms with Gasteiger partial charge in [-0.2, -0.15) is 0 Å². The van der Waals surface area contributed by atoms with Crippen LogP contribution in [0.15, 0.2) is 30.3 Å². The van der Waals surface area contributed by atoms with Crippen molar-refractivity contribution < 1.29 is 56.9 Å². The van der Waals surface area contributed by atoms with Gasteiger partial charge in [-0.15, -0.1) is 0 Å². The molecule has 0 aliphatic rings. The summed E-state index contributed by atoms with van der Waals surface area (Å²) in [5.74, 6) is 1.42. The van der Waals surface area contributed by atoms with E-state index in [1.165, 1.54) is 41.6 Å². The molecule has 0 atom stereocenters. The molecule has 12 nitrogen and oxygen atoms in total. The van der Waals surface area contributed by atoms with Gasteiger partial charge in [-0.25, -0.2) is 0 Å². The van der Waals surface area contributed by atoms with Crippen LogP contribution in [0.3, 0.4) is 0 Å². The highest BCUT2D eigenvalue weighted by Gasteiger charge is 2.21. The van der Waals surface area contributed by atoms with Crippen molar-refractivity contribution in [1.29, 1.82) is 0 Å². The highest BCUT2D eigenvalue weighted by Crippen LogP contribution is 2.40. The molecule has 0 amide bonds. The average molecular weight is 553 g/mol. The van der Waals surface area contributed by atoms with Gasteiger partial charge in [0.1, 0.15) is 22.8 Å². The van der Waals surface area contributed by atoms with Crippen molar-refractivity contribution in [1.82, 2.24) is 0 Å². The number of ether oxygens (including phenoxy) is 11. The van der Waals surface area contributed by atoms with E-state index in [-0.39, 0.29) is 51.0 Å². The third kappa shape index (κ3) is 9.93. The second-order valence-corrected chi connectivity index (χ2v) is 7.53. The van der Waals surface area contributed by atoms with E-state index in [9.17, 15) is 4.79 Å². The Labute approximate surface area is 228 Å². The van der Waals surface area contributed by atoms with Crippen LogP contribution in [0.2, 0.25) is 0 Å². The quantitative estimate of drug-likeness (QED) is 0.135. The minimum Gasteiger partial charge on any atom is -0.490 e. The number of carbonyl (C=O) groups excluding carboxylic acids is 1. The van der Waals surface area contributed by atoms with Crippen LogP contribution in [0.25, 0.3) is 6.08 Å². The van der Waals surface area contributed by atoms with Gasteiger partial charge in [-0.1, -0.05) is 6.08 Å². The van der Waals surface area contributed by atoms with E-state index in [4.69, 9.17) is 52.1 Å². The number of rotatable bonds is 20. The van der Waals surface area contributed by atoms with Crippen LogP contribution in [-0.4, -0.2) is 81.9 Å². The van der Waals surface area contributed by atoms with E-state index in [2.05, 4.69) is 0 Å². The van der Waals surface area contributed by atoms with Crippen molar-refractivity contribution in [2.45, 2.75) is 6.92 Å². The molecular formula is C27H36O12. The number of hydrogen-bond donors (Lipinski definition) is 0. The minimum atomic E-state index is -0.414. The molecule has 2 aromatic rings. The number of ketones is 1. The summed E-state index contributed by atoms with van der Waals surface area (Å²) in [6.45, 7) is 1.93. The molecule has 0 aromatic heterocycles. The van der Waals surface area contributed by atoms with Gasteiger partial charge < -0.3 is 52.1 Å². The summed E-state index contributed by atoms with van der Waals surface area (Å²) < 4.78 is 59.1. The summed E-state index contributed by atoms with van der Waals surface area (Å²) >= 11 is 0. The van der Waals surface area contributed by atoms with Gasteiger partial charge in [0.2, 0.25) is 5.75 Å². The van der Waals surface area contributed by atoms with Gasteiger partial charge in [0.25, 0.3) is 0 Å². The van der Waals surface area contributed by atoms with E-state index in [0.29, 0.717) is 35.2 Å². The van der Waals surface area contributed by atoms with Crippen molar-refractivity contribution in [2.75, 3.05) is 76.1 Å². The molecule has 0 saturated heterocycles. The van der Waals surface area contributed by atoms with Crippen LogP contribution in [-0.2, 0) is 23.7 Å². The zero-order chi connectivity index (χ0) is 28.5. The molecule has 0 spiro atoms. The van der Waals surface area contributed by atoms with E-state index >= 15 is 0 Å². The Hall–Kier alpha value is -3.55. The average Bonchev–Trinajstić information content (AvgIpc) is 2.94. The lowest BCUT2D eigenvalue weighted by atomic mass is 10.1. The monoisotopic (exact) mass is 552 g/mol. The second-order valence-electron chi connectivity index (χ2n) is 7.53. The van der Waals surface area contributed by atoms with Gasteiger partial charge in [-0.3, -0.25) is 4.79 Å². The number of methoxy groups -OCH3 is 5. The first-order valence-electron chi connectivity index (χ1n) is 11.8. The van der Waals surface area contributed by atoms with E-state index in [0.717, 1.165) is 0 Å². The minimum absolute atomic E-state index is 0.0135. The molecule has 12 heteroatoms. The molecule has 0 saturated carbocycles. The maximum atomic E-state index is 13.5. The first-order chi connectivity index (χ1) is 19.0. The zero-order valence-corrected chi connectivity index (χ0v) is 23.1. The molecule has 0 fully saturated rings. The Morgan fingerprint density at radius 3 is 1.59 bits per heavy atom. The fraction of sp³-hybridized carbons (Fsp3) is 0.444. The Morgan fingerprint density at radius 2 is 1.08 bits per heavy atom. The van der Waals surface area contributed by atoms with Gasteiger partial charge >= 0.3 is 0 Å². The van der Waals surface area contributed by atoms with E-state index in [1.807, 2.05) is 6.92 Å². The summed E-state index contributed by atoms with van der Waals surface area (Å²) in [5, 5.41) is 0. The van der Waals surface area contributed by atoms with Gasteiger partial charge in [0.05, 0.1) is 6.61 Å². The predicted octanol–water partition coefficient (Wildman–Crippen LogP) is 3.89. The summed E-state index contributed by atoms with van der Waals surface area (Å²) in [6.07, 6.45) is 2.96. The molecule has 0 unspecified atom stereocenters. The fourth-order valence-electron chi connectivity index (χ4n) is 3.19. The van der Waals surface area contributed by atoms with Crippen LogP contribution < -0.4 is 28.4 Å². The number of carbonyl (C=O) groups is 1. The van der Waals surface area contributed by atoms with Gasteiger partial charge in [0, 0.05) is 47.7 Å². The molecule has 0 bridgehead atoms. The molecular weight excluding hydrogens is 516 g/mol. The van der Waals surface area contributed by atoms with E-state index < -0.39 is 5.78 Å². The molecule has 0 radical (unpaired) electrons. The number of allylic oxidation sites excluding steroid dienone is 1. The highest BCUT2D eigenvalue weighted by molar-refractivity contribution is 6.10. The number of benzene rings is 2. The van der Waals surface area contributed by atoms with Crippen molar-refractivity contribution in [3.8, 4) is 34.5 Å². The topological polar surface area (TPSA) is 119 Å². The highest BCUT2D eigenvalue weighted by atomic mass is 16.7. The van der Waals surface area contributed by atoms with Crippen LogP contribution >= 0.6 is 0 Å². The standard InChI is InChI=1S/C27H36O12/c1-7-34-24-10-19(11-25(38-17-32-5)27(24)39-18-33-6)8-9-21(28)26-22(36-15-30-3)12-20(35-14-29-2)13-23(26)37-16-31-4/h8-13H,7,14-18H2,1-6H3. The van der Waals surface area contributed by atoms with Crippen molar-refractivity contribution in [3.63, 3.8) is 0 Å². The van der Waals surface area contributed by atoms with Crippen LogP contribution in [0.5, 0.6) is 34.5 Å². The number of hydrogen-bond acceptors (Lipinski definition) is 12. The molecule has 0 aliphatic heterocycles. The second kappa shape index (κ2) is 17.9. The maximum Gasteiger partial charge on any atom is 0.206 e. The first kappa shape index (κ1) is 31.7. The summed E-state index contributed by atoms with van der Waals surface area (Å²) in [4.78, 5) is 13.5. The molecule has 2 rings (SSSR count). The van der Waals surface area contributed by atoms with Gasteiger partial charge in [-0.05, 0) is 30.7 Å². The van der Waals surface area contributed by atoms with Crippen LogP contribution in [0.4, 0.5) is 0 Å². The smallest absolute Gasteiger partial charge is 0.206 e. The summed E-state index contributed by atoms with van der Waals surface area (Å²) in [7, 11) is 7.43. The molecule has 0 heterocycles. The van der Waals surface area contributed by atoms with Gasteiger partial charge in [0.15, 0.2) is 51.2 Å². The first-order valence-corrected chi connectivity index (χ1v) is 11.8.